The van der Waals surface area contributed by atoms with Gasteiger partial charge in [-0.25, -0.2) is 9.97 Å². The summed E-state index contributed by atoms with van der Waals surface area (Å²) in [5, 5.41) is 13.4. The zero-order valence-corrected chi connectivity index (χ0v) is 36.6. The van der Waals surface area contributed by atoms with Crippen molar-refractivity contribution in [1.82, 2.24) is 49.2 Å². The highest BCUT2D eigenvalue weighted by atomic mass is 16.4. The summed E-state index contributed by atoms with van der Waals surface area (Å²) in [6.07, 6.45) is 7.51. The first-order chi connectivity index (χ1) is 33.6. The second-order valence-electron chi connectivity index (χ2n) is 16.9. The lowest BCUT2D eigenvalue weighted by Gasteiger charge is -2.14. The number of hydrogen-bond acceptors (Lipinski definition) is 9. The number of rotatable bonds is 8. The first kappa shape index (κ1) is 39.2. The Kier molecular flexibility index (Phi) is 9.24. The van der Waals surface area contributed by atoms with Crippen molar-refractivity contribution in [2.45, 2.75) is 13.3 Å². The number of benzene rings is 7. The second kappa shape index (κ2) is 16.0. The van der Waals surface area contributed by atoms with Gasteiger partial charge in [0.15, 0.2) is 23.3 Å². The third-order valence-corrected chi connectivity index (χ3v) is 12.6. The quantitative estimate of drug-likeness (QED) is 0.147. The molecule has 5 heterocycles. The first-order valence-corrected chi connectivity index (χ1v) is 22.6. The van der Waals surface area contributed by atoms with E-state index in [1.165, 1.54) is 0 Å². The average molecular weight is 879 g/mol. The maximum Gasteiger partial charge on any atom is 0.248 e. The van der Waals surface area contributed by atoms with E-state index in [2.05, 4.69) is 70.7 Å². The Morgan fingerprint density at radius 1 is 0.426 bits per heavy atom. The van der Waals surface area contributed by atoms with Gasteiger partial charge in [0.1, 0.15) is 0 Å². The molecule has 1 aliphatic rings. The van der Waals surface area contributed by atoms with Crippen LogP contribution in [0.15, 0.2) is 199 Å². The van der Waals surface area contributed by atoms with Gasteiger partial charge in [0.2, 0.25) is 23.7 Å². The summed E-state index contributed by atoms with van der Waals surface area (Å²) in [7, 11) is 0. The molecule has 13 rings (SSSR count). The standard InChI is InChI=1S/C57H38N10O/c1-35-18-15-25-39(34-35)53-59-52(38-23-9-4-10-24-38)62-57(63-53)67-45-31-14-12-27-41(45)49-43(29-17-33-47(49)67)55-65-64-54(68-55)42-28-16-32-46-48(42)40-26-11-13-30-44(40)66(46)56-60-50(36-19-5-2-6-20-36)58-51(61-56)37-21-7-3-8-22-37/h2-17,19-35H,18H2,1H3. The van der Waals surface area contributed by atoms with Crippen LogP contribution in [0.25, 0.3) is 118 Å². The Bertz CT molecular complexity index is 3910. The Labute approximate surface area is 389 Å². The highest BCUT2D eigenvalue weighted by Crippen LogP contribution is 2.42. The number of hydrogen-bond donors (Lipinski definition) is 0. The van der Waals surface area contributed by atoms with Crippen molar-refractivity contribution in [3.8, 4) is 69.0 Å². The fourth-order valence-electron chi connectivity index (χ4n) is 9.46. The van der Waals surface area contributed by atoms with Crippen molar-refractivity contribution >= 4 is 49.2 Å². The summed E-state index contributed by atoms with van der Waals surface area (Å²) in [5.41, 5.74) is 8.91. The van der Waals surface area contributed by atoms with Crippen LogP contribution < -0.4 is 0 Å². The molecule has 322 valence electrons. The molecule has 0 fully saturated rings. The number of para-hydroxylation sites is 2. The molecule has 0 N–H and O–H groups in total. The number of nitrogens with zero attached hydrogens (tertiary/aromatic N) is 10. The van der Waals surface area contributed by atoms with E-state index in [4.69, 9.17) is 44.5 Å². The monoisotopic (exact) mass is 878 g/mol. The molecule has 7 aromatic carbocycles. The maximum atomic E-state index is 6.80. The van der Waals surface area contributed by atoms with Gasteiger partial charge in [-0.1, -0.05) is 165 Å². The largest absolute Gasteiger partial charge is 0.416 e. The number of aromatic nitrogens is 10. The molecule has 0 spiro atoms. The van der Waals surface area contributed by atoms with Crippen molar-refractivity contribution in [3.05, 3.63) is 200 Å². The molecule has 1 atom stereocenters. The lowest BCUT2D eigenvalue weighted by Crippen LogP contribution is -2.09. The van der Waals surface area contributed by atoms with Crippen molar-refractivity contribution in [2.24, 2.45) is 5.92 Å². The molecule has 0 bridgehead atoms. The van der Waals surface area contributed by atoms with Gasteiger partial charge in [-0.15, -0.1) is 10.2 Å². The van der Waals surface area contributed by atoms with E-state index in [0.717, 1.165) is 83.4 Å². The molecule has 0 radical (unpaired) electrons. The molecule has 68 heavy (non-hydrogen) atoms. The Balaban J connectivity index is 0.973. The van der Waals surface area contributed by atoms with Gasteiger partial charge >= 0.3 is 0 Å². The molecule has 0 amide bonds. The molecule has 11 heteroatoms. The molecule has 1 aliphatic carbocycles. The summed E-state index contributed by atoms with van der Waals surface area (Å²) < 4.78 is 11.0. The Morgan fingerprint density at radius 3 is 1.31 bits per heavy atom. The third kappa shape index (κ3) is 6.59. The van der Waals surface area contributed by atoms with Crippen LogP contribution in [0, 0.1) is 5.92 Å². The number of fused-ring (bicyclic) bond motifs is 6. The molecule has 5 aromatic heterocycles. The van der Waals surface area contributed by atoms with Gasteiger partial charge in [0, 0.05) is 54.9 Å². The molecule has 0 saturated carbocycles. The second-order valence-corrected chi connectivity index (χ2v) is 16.9. The van der Waals surface area contributed by atoms with Gasteiger partial charge in [-0.2, -0.15) is 19.9 Å². The van der Waals surface area contributed by atoms with E-state index in [0.29, 0.717) is 52.9 Å². The van der Waals surface area contributed by atoms with Crippen molar-refractivity contribution in [3.63, 3.8) is 0 Å². The first-order valence-electron chi connectivity index (χ1n) is 22.6. The van der Waals surface area contributed by atoms with E-state index in [1.807, 2.05) is 140 Å². The highest BCUT2D eigenvalue weighted by molar-refractivity contribution is 6.16. The van der Waals surface area contributed by atoms with Crippen LogP contribution in [0.2, 0.25) is 0 Å². The Morgan fingerprint density at radius 2 is 0.838 bits per heavy atom. The van der Waals surface area contributed by atoms with Gasteiger partial charge < -0.3 is 4.42 Å². The van der Waals surface area contributed by atoms with Gasteiger partial charge in [-0.3, -0.25) is 9.13 Å². The lowest BCUT2D eigenvalue weighted by atomic mass is 9.97. The van der Waals surface area contributed by atoms with Gasteiger partial charge in [-0.05, 0) is 48.7 Å². The van der Waals surface area contributed by atoms with Gasteiger partial charge in [0.25, 0.3) is 0 Å². The SMILES string of the molecule is CC1C=C(c2nc(-c3ccccc3)nc(-n3c4ccccc4c4c(-c5nnc(-c6cccc7c6c6ccccc6n7-c6nc(-c7ccccc7)nc(-c7ccccc7)n6)o5)cccc43)n2)C=CC1. The van der Waals surface area contributed by atoms with Crippen molar-refractivity contribution in [2.75, 3.05) is 0 Å². The van der Waals surface area contributed by atoms with Crippen LogP contribution >= 0.6 is 0 Å². The fraction of sp³-hybridized carbons (Fsp3) is 0.0526. The van der Waals surface area contributed by atoms with Crippen LogP contribution in [-0.2, 0) is 0 Å². The minimum atomic E-state index is 0.368. The summed E-state index contributed by atoms with van der Waals surface area (Å²) in [4.78, 5) is 30.5. The lowest BCUT2D eigenvalue weighted by molar-refractivity contribution is 0.586. The molecular formula is C57H38N10O. The summed E-state index contributed by atoms with van der Waals surface area (Å²) in [5.74, 6) is 4.54. The third-order valence-electron chi connectivity index (χ3n) is 12.6. The minimum absolute atomic E-state index is 0.368. The smallest absolute Gasteiger partial charge is 0.248 e. The maximum absolute atomic E-state index is 6.80. The average Bonchev–Trinajstić information content (AvgIpc) is 4.13. The molecular weight excluding hydrogens is 841 g/mol. The van der Waals surface area contributed by atoms with E-state index in [9.17, 15) is 0 Å². The van der Waals surface area contributed by atoms with E-state index in [-0.39, 0.29) is 0 Å². The van der Waals surface area contributed by atoms with Crippen LogP contribution in [-0.4, -0.2) is 49.2 Å². The summed E-state index contributed by atoms with van der Waals surface area (Å²) >= 11 is 0. The highest BCUT2D eigenvalue weighted by Gasteiger charge is 2.25. The fourth-order valence-corrected chi connectivity index (χ4v) is 9.46. The zero-order valence-electron chi connectivity index (χ0n) is 36.6. The topological polar surface area (TPSA) is 126 Å². The normalized spacial score (nSPS) is 13.8. The summed E-state index contributed by atoms with van der Waals surface area (Å²) in [6.45, 7) is 2.21. The predicted octanol–water partition coefficient (Wildman–Crippen LogP) is 12.9. The molecule has 11 nitrogen and oxygen atoms in total. The molecule has 12 aromatic rings. The van der Waals surface area contributed by atoms with Crippen LogP contribution in [0.5, 0.6) is 0 Å². The summed E-state index contributed by atoms with van der Waals surface area (Å²) in [6, 6.07) is 58.9. The van der Waals surface area contributed by atoms with Crippen LogP contribution in [0.3, 0.4) is 0 Å². The van der Waals surface area contributed by atoms with Gasteiger partial charge in [0.05, 0.1) is 22.1 Å². The van der Waals surface area contributed by atoms with E-state index < -0.39 is 0 Å². The van der Waals surface area contributed by atoms with Crippen LogP contribution in [0.1, 0.15) is 19.2 Å². The van der Waals surface area contributed by atoms with Crippen molar-refractivity contribution in [1.29, 1.82) is 0 Å². The number of allylic oxidation sites excluding steroid dienone is 4. The predicted molar refractivity (Wildman–Crippen MR) is 268 cm³/mol. The van der Waals surface area contributed by atoms with E-state index >= 15 is 0 Å². The Hall–Kier alpha value is -9.22. The minimum Gasteiger partial charge on any atom is -0.416 e. The molecule has 0 saturated heterocycles. The van der Waals surface area contributed by atoms with Crippen molar-refractivity contribution < 1.29 is 4.42 Å². The molecule has 1 unspecified atom stereocenters. The zero-order chi connectivity index (χ0) is 45.1. The van der Waals surface area contributed by atoms with E-state index in [1.54, 1.807) is 0 Å². The van der Waals surface area contributed by atoms with Crippen LogP contribution in [0.4, 0.5) is 0 Å². The molecule has 0 aliphatic heterocycles.